The van der Waals surface area contributed by atoms with Gasteiger partial charge in [0, 0.05) is 19.5 Å². The molecule has 0 amide bonds. The standard InChI is InChI=1S/C15H20N4O2/c1-11-8-13-16-10-17-19(13)14(9-11)18-6-4-12(5-7-18)2-3-15(20)21/h8-10,12H,2-7H2,1H3,(H,20,21). The van der Waals surface area contributed by atoms with Gasteiger partial charge >= 0.3 is 5.97 Å². The molecule has 0 saturated carbocycles. The second-order valence-corrected chi connectivity index (χ2v) is 5.78. The van der Waals surface area contributed by atoms with Crippen LogP contribution in [-0.2, 0) is 4.79 Å². The average molecular weight is 288 g/mol. The molecule has 0 atom stereocenters. The number of hydrogen-bond acceptors (Lipinski definition) is 4. The molecule has 1 N–H and O–H groups in total. The number of aliphatic carboxylic acids is 1. The van der Waals surface area contributed by atoms with E-state index in [0.29, 0.717) is 5.92 Å². The van der Waals surface area contributed by atoms with Crippen LogP contribution < -0.4 is 4.90 Å². The lowest BCUT2D eigenvalue weighted by atomic mass is 9.92. The summed E-state index contributed by atoms with van der Waals surface area (Å²) in [7, 11) is 0. The highest BCUT2D eigenvalue weighted by Gasteiger charge is 2.22. The summed E-state index contributed by atoms with van der Waals surface area (Å²) in [5.41, 5.74) is 2.05. The number of nitrogens with zero attached hydrogens (tertiary/aromatic N) is 4. The third-order valence-corrected chi connectivity index (χ3v) is 4.21. The molecule has 0 spiro atoms. The summed E-state index contributed by atoms with van der Waals surface area (Å²) < 4.78 is 1.88. The van der Waals surface area contributed by atoms with E-state index in [-0.39, 0.29) is 6.42 Å². The number of aryl methyl sites for hydroxylation is 1. The highest BCUT2D eigenvalue weighted by molar-refractivity contribution is 5.66. The van der Waals surface area contributed by atoms with E-state index in [1.54, 1.807) is 6.33 Å². The van der Waals surface area contributed by atoms with Gasteiger partial charge in [0.2, 0.25) is 0 Å². The topological polar surface area (TPSA) is 70.7 Å². The van der Waals surface area contributed by atoms with Gasteiger partial charge in [0.1, 0.15) is 12.1 Å². The van der Waals surface area contributed by atoms with Gasteiger partial charge in [-0.25, -0.2) is 4.98 Å². The van der Waals surface area contributed by atoms with Crippen molar-refractivity contribution in [1.29, 1.82) is 0 Å². The quantitative estimate of drug-likeness (QED) is 0.933. The zero-order chi connectivity index (χ0) is 14.8. The fraction of sp³-hybridized carbons (Fsp3) is 0.533. The van der Waals surface area contributed by atoms with Crippen molar-refractivity contribution in [2.24, 2.45) is 5.92 Å². The van der Waals surface area contributed by atoms with Gasteiger partial charge in [-0.2, -0.15) is 9.61 Å². The van der Waals surface area contributed by atoms with E-state index < -0.39 is 5.97 Å². The van der Waals surface area contributed by atoms with Crippen LogP contribution >= 0.6 is 0 Å². The summed E-state index contributed by atoms with van der Waals surface area (Å²) in [5.74, 6) is 0.910. The molecule has 0 radical (unpaired) electrons. The Morgan fingerprint density at radius 1 is 1.38 bits per heavy atom. The minimum Gasteiger partial charge on any atom is -0.481 e. The first-order chi connectivity index (χ1) is 10.1. The largest absolute Gasteiger partial charge is 0.481 e. The fourth-order valence-electron chi connectivity index (χ4n) is 3.04. The van der Waals surface area contributed by atoms with Crippen molar-refractivity contribution in [3.05, 3.63) is 24.0 Å². The van der Waals surface area contributed by atoms with Gasteiger partial charge in [0.15, 0.2) is 5.65 Å². The van der Waals surface area contributed by atoms with E-state index in [4.69, 9.17) is 5.11 Å². The summed E-state index contributed by atoms with van der Waals surface area (Å²) in [4.78, 5) is 17.2. The SMILES string of the molecule is Cc1cc(N2CCC(CCC(=O)O)CC2)n2ncnc2c1. The maximum absolute atomic E-state index is 10.7. The van der Waals surface area contributed by atoms with Crippen molar-refractivity contribution in [3.8, 4) is 0 Å². The molecule has 6 heteroatoms. The summed E-state index contributed by atoms with van der Waals surface area (Å²) >= 11 is 0. The molecule has 112 valence electrons. The predicted molar refractivity (Wildman–Crippen MR) is 79.5 cm³/mol. The smallest absolute Gasteiger partial charge is 0.303 e. The molecule has 1 aliphatic heterocycles. The molecule has 3 rings (SSSR count). The molecule has 2 aromatic rings. The number of fused-ring (bicyclic) bond motifs is 1. The number of rotatable bonds is 4. The molecule has 1 saturated heterocycles. The van der Waals surface area contributed by atoms with Crippen LogP contribution in [0, 0.1) is 12.8 Å². The number of carbonyl (C=O) groups is 1. The van der Waals surface area contributed by atoms with E-state index in [1.165, 1.54) is 5.56 Å². The predicted octanol–water partition coefficient (Wildman–Crippen LogP) is 2.12. The van der Waals surface area contributed by atoms with Crippen LogP contribution in [-0.4, -0.2) is 38.8 Å². The second-order valence-electron chi connectivity index (χ2n) is 5.78. The molecule has 1 aliphatic rings. The number of pyridine rings is 1. The molecular weight excluding hydrogens is 268 g/mol. The molecule has 6 nitrogen and oxygen atoms in total. The van der Waals surface area contributed by atoms with Gasteiger partial charge < -0.3 is 10.0 Å². The Balaban J connectivity index is 1.71. The third-order valence-electron chi connectivity index (χ3n) is 4.21. The summed E-state index contributed by atoms with van der Waals surface area (Å²) in [6.07, 6.45) is 4.73. The number of carboxylic acid groups (broad SMARTS) is 1. The number of aromatic nitrogens is 3. The van der Waals surface area contributed by atoms with Crippen molar-refractivity contribution in [1.82, 2.24) is 14.6 Å². The highest BCUT2D eigenvalue weighted by Crippen LogP contribution is 2.26. The lowest BCUT2D eigenvalue weighted by Crippen LogP contribution is -2.35. The van der Waals surface area contributed by atoms with E-state index in [0.717, 1.165) is 43.8 Å². The fourth-order valence-corrected chi connectivity index (χ4v) is 3.04. The maximum atomic E-state index is 10.7. The molecule has 3 heterocycles. The van der Waals surface area contributed by atoms with Gasteiger partial charge in [-0.15, -0.1) is 0 Å². The molecule has 0 aliphatic carbocycles. The van der Waals surface area contributed by atoms with E-state index in [1.807, 2.05) is 10.6 Å². The van der Waals surface area contributed by atoms with Gasteiger partial charge in [-0.1, -0.05) is 0 Å². The van der Waals surface area contributed by atoms with Crippen molar-refractivity contribution in [2.75, 3.05) is 18.0 Å². The van der Waals surface area contributed by atoms with E-state index in [2.05, 4.69) is 28.0 Å². The lowest BCUT2D eigenvalue weighted by molar-refractivity contribution is -0.137. The second kappa shape index (κ2) is 5.71. The monoisotopic (exact) mass is 288 g/mol. The Bertz CT molecular complexity index is 644. The Labute approximate surface area is 123 Å². The molecule has 0 bridgehead atoms. The van der Waals surface area contributed by atoms with Gasteiger partial charge in [0.25, 0.3) is 0 Å². The van der Waals surface area contributed by atoms with Crippen LogP contribution in [0.25, 0.3) is 5.65 Å². The Kier molecular flexibility index (Phi) is 3.77. The number of piperidine rings is 1. The lowest BCUT2D eigenvalue weighted by Gasteiger charge is -2.33. The Morgan fingerprint density at radius 2 is 2.14 bits per heavy atom. The van der Waals surface area contributed by atoms with Crippen LogP contribution in [0.1, 0.15) is 31.2 Å². The van der Waals surface area contributed by atoms with E-state index >= 15 is 0 Å². The van der Waals surface area contributed by atoms with E-state index in [9.17, 15) is 4.79 Å². The number of carboxylic acids is 1. The van der Waals surface area contributed by atoms with Crippen molar-refractivity contribution in [3.63, 3.8) is 0 Å². The number of anilines is 1. The first-order valence-corrected chi connectivity index (χ1v) is 7.40. The van der Waals surface area contributed by atoms with Crippen LogP contribution in [0.4, 0.5) is 5.82 Å². The maximum Gasteiger partial charge on any atom is 0.303 e. The van der Waals surface area contributed by atoms with Crippen molar-refractivity contribution < 1.29 is 9.90 Å². The molecular formula is C15H20N4O2. The third kappa shape index (κ3) is 2.99. The number of hydrogen-bond donors (Lipinski definition) is 1. The first-order valence-electron chi connectivity index (χ1n) is 7.40. The van der Waals surface area contributed by atoms with Crippen molar-refractivity contribution in [2.45, 2.75) is 32.6 Å². The van der Waals surface area contributed by atoms with Crippen LogP contribution in [0.3, 0.4) is 0 Å². The van der Waals surface area contributed by atoms with Crippen LogP contribution in [0.5, 0.6) is 0 Å². The molecule has 0 aromatic carbocycles. The Morgan fingerprint density at radius 3 is 2.86 bits per heavy atom. The molecule has 1 fully saturated rings. The molecule has 21 heavy (non-hydrogen) atoms. The molecule has 0 unspecified atom stereocenters. The van der Waals surface area contributed by atoms with Crippen molar-refractivity contribution >= 4 is 17.4 Å². The summed E-state index contributed by atoms with van der Waals surface area (Å²) in [6, 6.07) is 4.16. The first kappa shape index (κ1) is 13.9. The zero-order valence-electron chi connectivity index (χ0n) is 12.2. The normalized spacial score (nSPS) is 16.5. The highest BCUT2D eigenvalue weighted by atomic mass is 16.4. The Hall–Kier alpha value is -2.11. The molecule has 2 aromatic heterocycles. The summed E-state index contributed by atoms with van der Waals surface area (Å²) in [6.45, 7) is 3.96. The van der Waals surface area contributed by atoms with Gasteiger partial charge in [-0.3, -0.25) is 4.79 Å². The van der Waals surface area contributed by atoms with Gasteiger partial charge in [-0.05, 0) is 49.8 Å². The zero-order valence-corrected chi connectivity index (χ0v) is 12.2. The van der Waals surface area contributed by atoms with Crippen LogP contribution in [0.2, 0.25) is 0 Å². The summed E-state index contributed by atoms with van der Waals surface area (Å²) in [5, 5.41) is 13.1. The minimum absolute atomic E-state index is 0.280. The van der Waals surface area contributed by atoms with Gasteiger partial charge in [0.05, 0.1) is 0 Å². The van der Waals surface area contributed by atoms with Crippen LogP contribution in [0.15, 0.2) is 18.5 Å². The minimum atomic E-state index is -0.694. The average Bonchev–Trinajstić information content (AvgIpc) is 2.93.